The van der Waals surface area contributed by atoms with Gasteiger partial charge in [-0.05, 0) is 36.8 Å². The van der Waals surface area contributed by atoms with Gasteiger partial charge in [0.25, 0.3) is 0 Å². The summed E-state index contributed by atoms with van der Waals surface area (Å²) in [6.45, 7) is 2.17. The number of hydrogen-bond donors (Lipinski definition) is 1. The Hall–Kier alpha value is -2.44. The smallest absolute Gasteiger partial charge is 0.240 e. The van der Waals surface area contributed by atoms with Crippen molar-refractivity contribution in [2.24, 2.45) is 0 Å². The largest absolute Gasteiger partial charge is 0.306 e. The molecular formula is C17H17N3O2S. The maximum absolute atomic E-state index is 12.2. The Labute approximate surface area is 135 Å². The van der Waals surface area contributed by atoms with Crippen LogP contribution in [0.25, 0.3) is 5.69 Å². The van der Waals surface area contributed by atoms with Gasteiger partial charge in [-0.1, -0.05) is 29.8 Å². The van der Waals surface area contributed by atoms with Gasteiger partial charge in [-0.15, -0.1) is 0 Å². The van der Waals surface area contributed by atoms with Crippen LogP contribution in [0.15, 0.2) is 72.1 Å². The molecule has 2 aromatic carbocycles. The SMILES string of the molecule is Cc1ccc(S(=O)(=O)NCc2ccc(-n3ccnc3)cc2)cc1. The quantitative estimate of drug-likeness (QED) is 0.783. The van der Waals surface area contributed by atoms with Gasteiger partial charge in [-0.25, -0.2) is 18.1 Å². The van der Waals surface area contributed by atoms with Crippen molar-refractivity contribution in [2.75, 3.05) is 0 Å². The monoisotopic (exact) mass is 327 g/mol. The van der Waals surface area contributed by atoms with E-state index in [-0.39, 0.29) is 11.4 Å². The number of rotatable bonds is 5. The molecule has 1 aromatic heterocycles. The first-order valence-corrected chi connectivity index (χ1v) is 8.66. The lowest BCUT2D eigenvalue weighted by Crippen LogP contribution is -2.23. The molecule has 0 radical (unpaired) electrons. The normalized spacial score (nSPS) is 11.5. The molecule has 0 saturated carbocycles. The molecule has 0 atom stereocenters. The van der Waals surface area contributed by atoms with Crippen LogP contribution in [0.4, 0.5) is 0 Å². The number of benzene rings is 2. The first-order chi connectivity index (χ1) is 11.0. The minimum Gasteiger partial charge on any atom is -0.306 e. The van der Waals surface area contributed by atoms with Gasteiger partial charge in [0.15, 0.2) is 0 Å². The van der Waals surface area contributed by atoms with Crippen molar-refractivity contribution in [3.8, 4) is 5.69 Å². The molecule has 0 fully saturated rings. The number of sulfonamides is 1. The predicted molar refractivity (Wildman–Crippen MR) is 88.8 cm³/mol. The third-order valence-electron chi connectivity index (χ3n) is 3.54. The summed E-state index contributed by atoms with van der Waals surface area (Å²) in [5.74, 6) is 0. The van der Waals surface area contributed by atoms with E-state index in [1.807, 2.05) is 42.0 Å². The molecule has 3 rings (SSSR count). The fourth-order valence-corrected chi connectivity index (χ4v) is 3.19. The van der Waals surface area contributed by atoms with Crippen molar-refractivity contribution in [2.45, 2.75) is 18.4 Å². The van der Waals surface area contributed by atoms with E-state index in [1.54, 1.807) is 36.8 Å². The summed E-state index contributed by atoms with van der Waals surface area (Å²) >= 11 is 0. The maximum Gasteiger partial charge on any atom is 0.240 e. The average molecular weight is 327 g/mol. The molecule has 23 heavy (non-hydrogen) atoms. The highest BCUT2D eigenvalue weighted by atomic mass is 32.2. The Morgan fingerprint density at radius 2 is 1.74 bits per heavy atom. The second kappa shape index (κ2) is 6.36. The van der Waals surface area contributed by atoms with E-state index in [4.69, 9.17) is 0 Å². The van der Waals surface area contributed by atoms with Crippen LogP contribution in [0.3, 0.4) is 0 Å². The molecule has 0 aliphatic heterocycles. The number of aryl methyl sites for hydroxylation is 1. The Morgan fingerprint density at radius 3 is 2.35 bits per heavy atom. The van der Waals surface area contributed by atoms with Gasteiger partial charge >= 0.3 is 0 Å². The van der Waals surface area contributed by atoms with Crippen molar-refractivity contribution in [1.29, 1.82) is 0 Å². The molecule has 6 heteroatoms. The molecule has 0 aliphatic rings. The molecular weight excluding hydrogens is 310 g/mol. The van der Waals surface area contributed by atoms with Crippen LogP contribution in [0, 0.1) is 6.92 Å². The van der Waals surface area contributed by atoms with Crippen LogP contribution in [0.2, 0.25) is 0 Å². The summed E-state index contributed by atoms with van der Waals surface area (Å²) in [6, 6.07) is 14.4. The van der Waals surface area contributed by atoms with Gasteiger partial charge in [0.1, 0.15) is 0 Å². The summed E-state index contributed by atoms with van der Waals surface area (Å²) in [5.41, 5.74) is 2.90. The van der Waals surface area contributed by atoms with Crippen molar-refractivity contribution >= 4 is 10.0 Å². The first-order valence-electron chi connectivity index (χ1n) is 7.18. The van der Waals surface area contributed by atoms with Gasteiger partial charge in [0, 0.05) is 24.6 Å². The molecule has 0 amide bonds. The molecule has 0 aliphatic carbocycles. The Kier molecular flexibility index (Phi) is 4.27. The molecule has 1 heterocycles. The summed E-state index contributed by atoms with van der Waals surface area (Å²) in [5, 5.41) is 0. The number of imidazole rings is 1. The Morgan fingerprint density at radius 1 is 1.04 bits per heavy atom. The molecule has 3 aromatic rings. The third-order valence-corrected chi connectivity index (χ3v) is 4.95. The van der Waals surface area contributed by atoms with Crippen LogP contribution in [-0.2, 0) is 16.6 Å². The van der Waals surface area contributed by atoms with Gasteiger partial charge in [-0.2, -0.15) is 0 Å². The number of nitrogens with zero attached hydrogens (tertiary/aromatic N) is 2. The van der Waals surface area contributed by atoms with Crippen LogP contribution in [-0.4, -0.2) is 18.0 Å². The van der Waals surface area contributed by atoms with Gasteiger partial charge in [-0.3, -0.25) is 0 Å². The number of hydrogen-bond acceptors (Lipinski definition) is 3. The topological polar surface area (TPSA) is 64.0 Å². The van der Waals surface area contributed by atoms with E-state index in [1.165, 1.54) is 0 Å². The highest BCUT2D eigenvalue weighted by Crippen LogP contribution is 2.12. The summed E-state index contributed by atoms with van der Waals surface area (Å²) in [4.78, 5) is 4.28. The van der Waals surface area contributed by atoms with E-state index in [9.17, 15) is 8.42 Å². The zero-order valence-corrected chi connectivity index (χ0v) is 13.5. The summed E-state index contributed by atoms with van der Waals surface area (Å²) < 4.78 is 29.0. The van der Waals surface area contributed by atoms with Crippen LogP contribution < -0.4 is 4.72 Å². The third kappa shape index (κ3) is 3.67. The molecule has 0 saturated heterocycles. The lowest BCUT2D eigenvalue weighted by atomic mass is 10.2. The summed E-state index contributed by atoms with van der Waals surface area (Å²) in [7, 11) is -3.49. The molecule has 118 valence electrons. The maximum atomic E-state index is 12.2. The predicted octanol–water partition coefficient (Wildman–Crippen LogP) is 2.66. The van der Waals surface area contributed by atoms with Crippen molar-refractivity contribution in [3.05, 3.63) is 78.4 Å². The lowest BCUT2D eigenvalue weighted by molar-refractivity contribution is 0.581. The van der Waals surface area contributed by atoms with E-state index < -0.39 is 10.0 Å². The van der Waals surface area contributed by atoms with Crippen molar-refractivity contribution < 1.29 is 8.42 Å². The fourth-order valence-electron chi connectivity index (χ4n) is 2.18. The molecule has 5 nitrogen and oxygen atoms in total. The standard InChI is InChI=1S/C17H17N3O2S/c1-14-2-8-17(9-3-14)23(21,22)19-12-15-4-6-16(7-5-15)20-11-10-18-13-20/h2-11,13,19H,12H2,1H3. The van der Waals surface area contributed by atoms with Crippen LogP contribution >= 0.6 is 0 Å². The molecule has 0 unspecified atom stereocenters. The zero-order valence-electron chi connectivity index (χ0n) is 12.7. The van der Waals surface area contributed by atoms with Gasteiger partial charge < -0.3 is 4.57 Å². The van der Waals surface area contributed by atoms with Crippen molar-refractivity contribution in [3.63, 3.8) is 0 Å². The van der Waals surface area contributed by atoms with Gasteiger partial charge in [0.05, 0.1) is 11.2 Å². The van der Waals surface area contributed by atoms with E-state index in [0.717, 1.165) is 16.8 Å². The minimum atomic E-state index is -3.49. The Bertz CT molecular complexity index is 869. The van der Waals surface area contributed by atoms with Gasteiger partial charge in [0.2, 0.25) is 10.0 Å². The highest BCUT2D eigenvalue weighted by molar-refractivity contribution is 7.89. The van der Waals surface area contributed by atoms with E-state index in [0.29, 0.717) is 0 Å². The van der Waals surface area contributed by atoms with Crippen molar-refractivity contribution in [1.82, 2.24) is 14.3 Å². The Balaban J connectivity index is 1.69. The highest BCUT2D eigenvalue weighted by Gasteiger charge is 2.13. The second-order valence-electron chi connectivity index (χ2n) is 5.27. The summed E-state index contributed by atoms with van der Waals surface area (Å²) in [6.07, 6.45) is 5.29. The first kappa shape index (κ1) is 15.5. The van der Waals surface area contributed by atoms with Crippen LogP contribution in [0.5, 0.6) is 0 Å². The molecule has 0 bridgehead atoms. The molecule has 0 spiro atoms. The van der Waals surface area contributed by atoms with E-state index >= 15 is 0 Å². The second-order valence-corrected chi connectivity index (χ2v) is 7.04. The number of nitrogens with one attached hydrogen (secondary N) is 1. The minimum absolute atomic E-state index is 0.250. The fraction of sp³-hybridized carbons (Fsp3) is 0.118. The molecule has 1 N–H and O–H groups in total. The zero-order chi connectivity index (χ0) is 16.3. The van der Waals surface area contributed by atoms with Crippen LogP contribution in [0.1, 0.15) is 11.1 Å². The number of aromatic nitrogens is 2. The lowest BCUT2D eigenvalue weighted by Gasteiger charge is -2.08. The van der Waals surface area contributed by atoms with E-state index in [2.05, 4.69) is 9.71 Å². The average Bonchev–Trinajstić information content (AvgIpc) is 3.08.